The zero-order valence-electron chi connectivity index (χ0n) is 15.3. The Morgan fingerprint density at radius 3 is 2.21 bits per heavy atom. The van der Waals surface area contributed by atoms with Gasteiger partial charge < -0.3 is 14.8 Å². The quantitative estimate of drug-likeness (QED) is 0.518. The lowest BCUT2D eigenvalue weighted by Gasteiger charge is -2.14. The first-order valence-corrected chi connectivity index (χ1v) is 8.80. The van der Waals surface area contributed by atoms with Gasteiger partial charge in [-0.15, -0.1) is 0 Å². The van der Waals surface area contributed by atoms with E-state index >= 15 is 0 Å². The SMILES string of the molecule is COC(=O)c1ccccc1NC(=S)NC(=O)c1cc2ccccc2cc1OC. The predicted molar refractivity (Wildman–Crippen MR) is 112 cm³/mol. The first-order chi connectivity index (χ1) is 13.5. The van der Waals surface area contributed by atoms with Gasteiger partial charge in [0.05, 0.1) is 31.0 Å². The normalized spacial score (nSPS) is 10.2. The van der Waals surface area contributed by atoms with Crippen LogP contribution in [0.4, 0.5) is 5.69 Å². The van der Waals surface area contributed by atoms with Gasteiger partial charge in [-0.3, -0.25) is 10.1 Å². The Morgan fingerprint density at radius 1 is 0.893 bits per heavy atom. The van der Waals surface area contributed by atoms with Gasteiger partial charge >= 0.3 is 5.97 Å². The maximum atomic E-state index is 12.7. The van der Waals surface area contributed by atoms with Crippen molar-refractivity contribution in [2.75, 3.05) is 19.5 Å². The largest absolute Gasteiger partial charge is 0.496 e. The minimum atomic E-state index is -0.506. The van der Waals surface area contributed by atoms with Crippen molar-refractivity contribution in [2.24, 2.45) is 0 Å². The summed E-state index contributed by atoms with van der Waals surface area (Å²) in [4.78, 5) is 24.6. The molecule has 3 rings (SSSR count). The van der Waals surface area contributed by atoms with Crippen molar-refractivity contribution in [1.82, 2.24) is 5.32 Å². The molecule has 0 unspecified atom stereocenters. The second-order valence-corrected chi connectivity index (χ2v) is 6.25. The van der Waals surface area contributed by atoms with Gasteiger partial charge in [0.25, 0.3) is 5.91 Å². The molecule has 0 bridgehead atoms. The molecule has 3 aromatic carbocycles. The van der Waals surface area contributed by atoms with Crippen LogP contribution in [-0.2, 0) is 4.74 Å². The first kappa shape index (κ1) is 19.3. The minimum absolute atomic E-state index is 0.0524. The van der Waals surface area contributed by atoms with Crippen LogP contribution in [0.1, 0.15) is 20.7 Å². The summed E-state index contributed by atoms with van der Waals surface area (Å²) in [6.45, 7) is 0. The number of ether oxygens (including phenoxy) is 2. The number of benzene rings is 3. The summed E-state index contributed by atoms with van der Waals surface area (Å²) in [6.07, 6.45) is 0. The molecule has 1 amide bonds. The molecule has 2 N–H and O–H groups in total. The zero-order chi connectivity index (χ0) is 20.1. The summed E-state index contributed by atoms with van der Waals surface area (Å²) < 4.78 is 10.1. The van der Waals surface area contributed by atoms with Crippen molar-refractivity contribution < 1.29 is 19.1 Å². The number of esters is 1. The third-order valence-electron chi connectivity index (χ3n) is 4.12. The van der Waals surface area contributed by atoms with Gasteiger partial charge in [-0.2, -0.15) is 0 Å². The standard InChI is InChI=1S/C21H18N2O4S/c1-26-18-12-14-8-4-3-7-13(14)11-16(18)19(24)23-21(28)22-17-10-6-5-9-15(17)20(25)27-2/h3-12H,1-2H3,(H2,22,23,24,28). The highest BCUT2D eigenvalue weighted by molar-refractivity contribution is 7.80. The molecule has 0 spiro atoms. The molecule has 0 saturated carbocycles. The Hall–Kier alpha value is -3.45. The Kier molecular flexibility index (Phi) is 5.86. The fourth-order valence-corrected chi connectivity index (χ4v) is 2.97. The van der Waals surface area contributed by atoms with E-state index in [4.69, 9.17) is 21.7 Å². The number of fused-ring (bicyclic) bond motifs is 1. The molecule has 28 heavy (non-hydrogen) atoms. The summed E-state index contributed by atoms with van der Waals surface area (Å²) in [5, 5.41) is 7.40. The van der Waals surface area contributed by atoms with Crippen LogP contribution in [0.25, 0.3) is 10.8 Å². The predicted octanol–water partition coefficient (Wildman–Crippen LogP) is 3.76. The van der Waals surface area contributed by atoms with Crippen molar-refractivity contribution in [1.29, 1.82) is 0 Å². The zero-order valence-corrected chi connectivity index (χ0v) is 16.1. The Morgan fingerprint density at radius 2 is 1.54 bits per heavy atom. The third kappa shape index (κ3) is 4.10. The number of hydrogen-bond donors (Lipinski definition) is 2. The Labute approximate surface area is 167 Å². The Bertz CT molecular complexity index is 1070. The third-order valence-corrected chi connectivity index (χ3v) is 4.32. The molecule has 0 saturated heterocycles. The minimum Gasteiger partial charge on any atom is -0.496 e. The van der Waals surface area contributed by atoms with Crippen LogP contribution >= 0.6 is 12.2 Å². The average Bonchev–Trinajstić information content (AvgIpc) is 2.72. The van der Waals surface area contributed by atoms with E-state index in [0.717, 1.165) is 10.8 Å². The van der Waals surface area contributed by atoms with Gasteiger partial charge in [0.1, 0.15) is 5.75 Å². The number of methoxy groups -OCH3 is 2. The van der Waals surface area contributed by atoms with Gasteiger partial charge in [0, 0.05) is 0 Å². The number of amides is 1. The number of hydrogen-bond acceptors (Lipinski definition) is 5. The average molecular weight is 394 g/mol. The van der Waals surface area contributed by atoms with Crippen LogP contribution in [-0.4, -0.2) is 31.2 Å². The summed E-state index contributed by atoms with van der Waals surface area (Å²) in [5.74, 6) is -0.488. The van der Waals surface area contributed by atoms with Crippen molar-refractivity contribution >= 4 is 45.7 Å². The first-order valence-electron chi connectivity index (χ1n) is 8.40. The molecule has 0 aliphatic carbocycles. The molecule has 0 fully saturated rings. The summed E-state index contributed by atoms with van der Waals surface area (Å²) in [5.41, 5.74) is 1.10. The van der Waals surface area contributed by atoms with E-state index in [0.29, 0.717) is 22.6 Å². The maximum Gasteiger partial charge on any atom is 0.339 e. The van der Waals surface area contributed by atoms with Crippen LogP contribution in [0.3, 0.4) is 0 Å². The summed E-state index contributed by atoms with van der Waals surface area (Å²) >= 11 is 5.23. The molecule has 0 aliphatic rings. The number of carbonyl (C=O) groups is 2. The van der Waals surface area contributed by atoms with Crippen LogP contribution in [0, 0.1) is 0 Å². The highest BCUT2D eigenvalue weighted by Gasteiger charge is 2.17. The lowest BCUT2D eigenvalue weighted by molar-refractivity contribution is 0.0602. The highest BCUT2D eigenvalue weighted by Crippen LogP contribution is 2.26. The lowest BCUT2D eigenvalue weighted by atomic mass is 10.1. The number of nitrogens with one attached hydrogen (secondary N) is 2. The van der Waals surface area contributed by atoms with Crippen molar-refractivity contribution in [3.05, 3.63) is 71.8 Å². The van der Waals surface area contributed by atoms with Crippen LogP contribution < -0.4 is 15.4 Å². The van der Waals surface area contributed by atoms with E-state index < -0.39 is 11.9 Å². The molecule has 142 valence electrons. The van der Waals surface area contributed by atoms with E-state index in [1.807, 2.05) is 24.3 Å². The lowest BCUT2D eigenvalue weighted by Crippen LogP contribution is -2.34. The molecule has 0 atom stereocenters. The molecule has 7 heteroatoms. The van der Waals surface area contributed by atoms with Crippen LogP contribution in [0.2, 0.25) is 0 Å². The smallest absolute Gasteiger partial charge is 0.339 e. The second kappa shape index (κ2) is 8.49. The summed E-state index contributed by atoms with van der Waals surface area (Å²) in [6, 6.07) is 17.9. The fourth-order valence-electron chi connectivity index (χ4n) is 2.77. The summed E-state index contributed by atoms with van der Waals surface area (Å²) in [7, 11) is 2.80. The van der Waals surface area contributed by atoms with Gasteiger partial charge in [-0.25, -0.2) is 4.79 Å². The van der Waals surface area contributed by atoms with Crippen molar-refractivity contribution in [2.45, 2.75) is 0 Å². The Balaban J connectivity index is 1.81. The molecule has 3 aromatic rings. The van der Waals surface area contributed by atoms with Gasteiger partial charge in [0.2, 0.25) is 0 Å². The molecule has 0 aromatic heterocycles. The molecule has 0 radical (unpaired) electrons. The van der Waals surface area contributed by atoms with E-state index in [2.05, 4.69) is 10.6 Å². The van der Waals surface area contributed by atoms with E-state index in [1.54, 1.807) is 36.4 Å². The molecule has 0 heterocycles. The monoisotopic (exact) mass is 394 g/mol. The van der Waals surface area contributed by atoms with Gasteiger partial charge in [-0.05, 0) is 47.3 Å². The van der Waals surface area contributed by atoms with Gasteiger partial charge in [-0.1, -0.05) is 36.4 Å². The second-order valence-electron chi connectivity index (χ2n) is 5.85. The number of rotatable bonds is 4. The van der Waals surface area contributed by atoms with Crippen LogP contribution in [0.15, 0.2) is 60.7 Å². The highest BCUT2D eigenvalue weighted by atomic mass is 32.1. The molecular weight excluding hydrogens is 376 g/mol. The van der Waals surface area contributed by atoms with Crippen molar-refractivity contribution in [3.8, 4) is 5.75 Å². The number of anilines is 1. The van der Waals surface area contributed by atoms with Crippen molar-refractivity contribution in [3.63, 3.8) is 0 Å². The van der Waals surface area contributed by atoms with E-state index in [-0.39, 0.29) is 5.11 Å². The molecule has 0 aliphatic heterocycles. The number of carbonyl (C=O) groups excluding carboxylic acids is 2. The number of thiocarbonyl (C=S) groups is 1. The molecule has 6 nitrogen and oxygen atoms in total. The van der Waals surface area contributed by atoms with E-state index in [1.165, 1.54) is 14.2 Å². The van der Waals surface area contributed by atoms with E-state index in [9.17, 15) is 9.59 Å². The molecular formula is C21H18N2O4S. The topological polar surface area (TPSA) is 76.7 Å². The fraction of sp³-hybridized carbons (Fsp3) is 0.0952. The number of para-hydroxylation sites is 1. The van der Waals surface area contributed by atoms with Gasteiger partial charge in [0.15, 0.2) is 5.11 Å². The van der Waals surface area contributed by atoms with Crippen LogP contribution in [0.5, 0.6) is 5.75 Å². The maximum absolute atomic E-state index is 12.7.